The first-order chi connectivity index (χ1) is 9.52. The Labute approximate surface area is 121 Å². The van der Waals surface area contributed by atoms with Crippen molar-refractivity contribution >= 4 is 23.4 Å². The third kappa shape index (κ3) is 3.04. The van der Waals surface area contributed by atoms with Gasteiger partial charge in [-0.3, -0.25) is 4.79 Å². The number of halogens is 1. The largest absolute Gasteiger partial charge is 0.493 e. The van der Waals surface area contributed by atoms with Crippen molar-refractivity contribution in [2.45, 2.75) is 31.8 Å². The molecule has 1 aromatic rings. The predicted molar refractivity (Wildman–Crippen MR) is 72.9 cm³/mol. The standard InChI is InChI=1S/C14H15ClO5/c1-19-11-7-8(12(16)14(17)18)6-10(15)13(11)20-9-4-2-3-5-9/h6-7,9H,2-5H2,1H3,(H,17,18). The van der Waals surface area contributed by atoms with E-state index in [2.05, 4.69) is 0 Å². The maximum Gasteiger partial charge on any atom is 0.377 e. The van der Waals surface area contributed by atoms with Crippen molar-refractivity contribution in [2.75, 3.05) is 7.11 Å². The molecule has 2 rings (SSSR count). The first kappa shape index (κ1) is 14.7. The fourth-order valence-electron chi connectivity index (χ4n) is 2.26. The van der Waals surface area contributed by atoms with Gasteiger partial charge in [0.25, 0.3) is 5.78 Å². The number of carboxylic acid groups (broad SMARTS) is 1. The van der Waals surface area contributed by atoms with Gasteiger partial charge >= 0.3 is 5.97 Å². The molecule has 1 N–H and O–H groups in total. The summed E-state index contributed by atoms with van der Waals surface area (Å²) < 4.78 is 11.0. The van der Waals surface area contributed by atoms with E-state index in [0.29, 0.717) is 5.75 Å². The minimum Gasteiger partial charge on any atom is -0.493 e. The third-order valence-electron chi connectivity index (χ3n) is 3.27. The predicted octanol–water partition coefficient (Wildman–Crippen LogP) is 2.94. The summed E-state index contributed by atoms with van der Waals surface area (Å²) in [5.41, 5.74) is -0.0295. The Morgan fingerprint density at radius 2 is 1.95 bits per heavy atom. The molecule has 0 heterocycles. The van der Waals surface area contributed by atoms with Crippen LogP contribution in [0.5, 0.6) is 11.5 Å². The molecule has 108 valence electrons. The zero-order chi connectivity index (χ0) is 14.7. The average molecular weight is 299 g/mol. The molecule has 20 heavy (non-hydrogen) atoms. The highest BCUT2D eigenvalue weighted by Crippen LogP contribution is 2.39. The molecule has 0 radical (unpaired) electrons. The zero-order valence-corrected chi connectivity index (χ0v) is 11.8. The Bertz CT molecular complexity index is 535. The highest BCUT2D eigenvalue weighted by molar-refractivity contribution is 6.41. The Balaban J connectivity index is 2.32. The van der Waals surface area contributed by atoms with Crippen LogP contribution in [0.2, 0.25) is 5.02 Å². The lowest BCUT2D eigenvalue weighted by atomic mass is 10.1. The topological polar surface area (TPSA) is 72.8 Å². The van der Waals surface area contributed by atoms with Crippen LogP contribution in [0.4, 0.5) is 0 Å². The van der Waals surface area contributed by atoms with Gasteiger partial charge < -0.3 is 14.6 Å². The summed E-state index contributed by atoms with van der Waals surface area (Å²) >= 11 is 6.09. The second-order valence-electron chi connectivity index (χ2n) is 4.65. The second kappa shape index (κ2) is 6.13. The van der Waals surface area contributed by atoms with Crippen LogP contribution in [0.25, 0.3) is 0 Å². The highest BCUT2D eigenvalue weighted by atomic mass is 35.5. The highest BCUT2D eigenvalue weighted by Gasteiger charge is 2.23. The van der Waals surface area contributed by atoms with Gasteiger partial charge in [0, 0.05) is 5.56 Å². The quantitative estimate of drug-likeness (QED) is 0.668. The molecular formula is C14H15ClO5. The summed E-state index contributed by atoms with van der Waals surface area (Å²) in [6.45, 7) is 0. The van der Waals surface area contributed by atoms with Gasteiger partial charge in [-0.15, -0.1) is 0 Å². The Morgan fingerprint density at radius 1 is 1.30 bits per heavy atom. The van der Waals surface area contributed by atoms with Crippen molar-refractivity contribution in [3.8, 4) is 11.5 Å². The molecule has 0 unspecified atom stereocenters. The summed E-state index contributed by atoms with van der Waals surface area (Å²) in [6, 6.07) is 2.64. The van der Waals surface area contributed by atoms with Gasteiger partial charge in [-0.25, -0.2) is 4.79 Å². The molecule has 0 spiro atoms. The van der Waals surface area contributed by atoms with Gasteiger partial charge in [-0.1, -0.05) is 11.6 Å². The van der Waals surface area contributed by atoms with Crippen LogP contribution in [-0.4, -0.2) is 30.1 Å². The third-order valence-corrected chi connectivity index (χ3v) is 3.55. The smallest absolute Gasteiger partial charge is 0.377 e. The Morgan fingerprint density at radius 3 is 2.50 bits per heavy atom. The number of carbonyl (C=O) groups is 2. The van der Waals surface area contributed by atoms with Gasteiger partial charge in [-0.05, 0) is 37.8 Å². The fraction of sp³-hybridized carbons (Fsp3) is 0.429. The van der Waals surface area contributed by atoms with Crippen molar-refractivity contribution in [3.63, 3.8) is 0 Å². The normalized spacial score (nSPS) is 15.1. The summed E-state index contributed by atoms with van der Waals surface area (Å²) in [5.74, 6) is -1.93. The molecule has 1 aliphatic carbocycles. The van der Waals surface area contributed by atoms with E-state index in [1.807, 2.05) is 0 Å². The second-order valence-corrected chi connectivity index (χ2v) is 5.06. The van der Waals surface area contributed by atoms with E-state index >= 15 is 0 Å². The lowest BCUT2D eigenvalue weighted by Gasteiger charge is -2.17. The number of hydrogen-bond acceptors (Lipinski definition) is 4. The van der Waals surface area contributed by atoms with Crippen molar-refractivity contribution in [1.82, 2.24) is 0 Å². The maximum absolute atomic E-state index is 11.5. The van der Waals surface area contributed by atoms with Crippen LogP contribution in [0.3, 0.4) is 0 Å². The molecule has 6 heteroatoms. The number of ether oxygens (including phenoxy) is 2. The van der Waals surface area contributed by atoms with E-state index in [1.165, 1.54) is 19.2 Å². The molecule has 0 aliphatic heterocycles. The number of rotatable bonds is 5. The molecule has 5 nitrogen and oxygen atoms in total. The number of hydrogen-bond donors (Lipinski definition) is 1. The number of benzene rings is 1. The van der Waals surface area contributed by atoms with Gasteiger partial charge in [0.05, 0.1) is 18.2 Å². The number of carbonyl (C=O) groups excluding carboxylic acids is 1. The molecule has 0 aromatic heterocycles. The molecule has 0 saturated heterocycles. The maximum atomic E-state index is 11.5. The molecule has 1 aromatic carbocycles. The Hall–Kier alpha value is -1.75. The fourth-order valence-corrected chi connectivity index (χ4v) is 2.52. The van der Waals surface area contributed by atoms with Crippen LogP contribution in [0.15, 0.2) is 12.1 Å². The number of ketones is 1. The molecule has 0 bridgehead atoms. The first-order valence-corrected chi connectivity index (χ1v) is 6.72. The van der Waals surface area contributed by atoms with Crippen molar-refractivity contribution in [3.05, 3.63) is 22.7 Å². The number of Topliss-reactive ketones (excluding diaryl/α,β-unsaturated/α-hetero) is 1. The minimum atomic E-state index is -1.53. The minimum absolute atomic E-state index is 0.0295. The van der Waals surface area contributed by atoms with Crippen LogP contribution in [0, 0.1) is 0 Å². The van der Waals surface area contributed by atoms with Crippen LogP contribution >= 0.6 is 11.6 Å². The van der Waals surface area contributed by atoms with Gasteiger partial charge in [0.15, 0.2) is 11.5 Å². The van der Waals surface area contributed by atoms with Gasteiger partial charge in [0.2, 0.25) is 0 Å². The number of aliphatic carboxylic acids is 1. The van der Waals surface area contributed by atoms with Crippen LogP contribution in [-0.2, 0) is 4.79 Å². The van der Waals surface area contributed by atoms with Gasteiger partial charge in [0.1, 0.15) is 0 Å². The lowest BCUT2D eigenvalue weighted by Crippen LogP contribution is -2.15. The van der Waals surface area contributed by atoms with E-state index < -0.39 is 11.8 Å². The molecule has 1 aliphatic rings. The Kier molecular flexibility index (Phi) is 4.49. The van der Waals surface area contributed by atoms with Crippen molar-refractivity contribution in [2.24, 2.45) is 0 Å². The molecule has 1 fully saturated rings. The van der Waals surface area contributed by atoms with E-state index in [1.54, 1.807) is 0 Å². The lowest BCUT2D eigenvalue weighted by molar-refractivity contribution is -0.131. The molecule has 0 amide bonds. The average Bonchev–Trinajstić information content (AvgIpc) is 2.92. The van der Waals surface area contributed by atoms with E-state index in [4.69, 9.17) is 26.2 Å². The summed E-state index contributed by atoms with van der Waals surface area (Å²) in [4.78, 5) is 22.2. The first-order valence-electron chi connectivity index (χ1n) is 6.34. The summed E-state index contributed by atoms with van der Waals surface area (Å²) in [7, 11) is 1.42. The van der Waals surface area contributed by atoms with Gasteiger partial charge in [-0.2, -0.15) is 0 Å². The summed E-state index contributed by atoms with van der Waals surface area (Å²) in [6.07, 6.45) is 4.22. The van der Waals surface area contributed by atoms with E-state index in [-0.39, 0.29) is 22.4 Å². The van der Waals surface area contributed by atoms with Crippen molar-refractivity contribution in [1.29, 1.82) is 0 Å². The monoisotopic (exact) mass is 298 g/mol. The summed E-state index contributed by atoms with van der Waals surface area (Å²) in [5, 5.41) is 8.91. The van der Waals surface area contributed by atoms with Crippen molar-refractivity contribution < 1.29 is 24.2 Å². The van der Waals surface area contributed by atoms with Crippen LogP contribution < -0.4 is 9.47 Å². The van der Waals surface area contributed by atoms with E-state index in [0.717, 1.165) is 25.7 Å². The number of carboxylic acids is 1. The van der Waals surface area contributed by atoms with Crippen LogP contribution in [0.1, 0.15) is 36.0 Å². The molecule has 1 saturated carbocycles. The molecule has 0 atom stereocenters. The molecular weight excluding hydrogens is 284 g/mol. The number of methoxy groups -OCH3 is 1. The van der Waals surface area contributed by atoms with E-state index in [9.17, 15) is 9.59 Å². The zero-order valence-electron chi connectivity index (χ0n) is 11.0. The SMILES string of the molecule is COc1cc(C(=O)C(=O)O)cc(Cl)c1OC1CCCC1.